The van der Waals surface area contributed by atoms with Crippen molar-refractivity contribution in [1.29, 1.82) is 0 Å². The largest absolute Gasteiger partial charge is 0.477 e. The number of quaternary nitrogens is 1. The molecule has 0 radical (unpaired) electrons. The topological polar surface area (TPSA) is 108 Å². The second kappa shape index (κ2) is 62.0. The standard InChI is InChI=1S/C72H123NO8/c1-6-8-10-12-14-16-18-20-22-24-26-28-30-31-32-33-34-35-36-37-38-39-41-43-45-47-49-51-53-55-57-59-61-63-70(75)81-68(67-80-72(71(76)77)78-65-64-73(3,4)5)66-79-69(74)62-60-58-56-54-52-50-48-46-44-42-40-29-27-25-23-21-19-17-15-13-11-9-7-2/h8,10,14,16,19-22,25-28,31-32,34-35,40,42,68,72H,6-7,9,11-13,15,17-18,23-24,29-30,33,36-39,41,43-67H2,1-5H3/p+1/b10-8-,16-14-,21-19-,22-20-,27-25-,28-26-,32-31-,35-34-,42-40-. The van der Waals surface area contributed by atoms with Gasteiger partial charge < -0.3 is 28.5 Å². The highest BCUT2D eigenvalue weighted by molar-refractivity contribution is 5.71. The second-order valence-electron chi connectivity index (χ2n) is 23.0. The average molecular weight is 1130 g/mol. The second-order valence-corrected chi connectivity index (χ2v) is 23.0. The number of allylic oxidation sites excluding steroid dienone is 18. The van der Waals surface area contributed by atoms with Gasteiger partial charge >= 0.3 is 17.9 Å². The SMILES string of the molecule is CC/C=C\C/C=C\C/C=C\C/C=C\C/C=C\C/C=C\CCCCCCCCCCCCCCCCC(=O)OC(COC(=O)CCCCCCCCCC/C=C\C/C=C\C/C=C\CCCCCCC)COC(OCC[N+](C)(C)C)C(=O)O. The van der Waals surface area contributed by atoms with Crippen LogP contribution in [-0.4, -0.2) is 87.4 Å². The molecule has 0 saturated heterocycles. The van der Waals surface area contributed by atoms with Gasteiger partial charge in [0.2, 0.25) is 0 Å². The number of ether oxygens (including phenoxy) is 4. The zero-order valence-corrected chi connectivity index (χ0v) is 52.9. The van der Waals surface area contributed by atoms with E-state index in [9.17, 15) is 19.5 Å². The Morgan fingerprint density at radius 3 is 1.05 bits per heavy atom. The lowest BCUT2D eigenvalue weighted by Gasteiger charge is -2.25. The molecule has 0 aromatic carbocycles. The van der Waals surface area contributed by atoms with E-state index in [0.29, 0.717) is 17.4 Å². The number of carbonyl (C=O) groups is 3. The number of nitrogens with zero attached hydrogens (tertiary/aromatic N) is 1. The van der Waals surface area contributed by atoms with E-state index in [2.05, 4.69) is 123 Å². The van der Waals surface area contributed by atoms with Crippen molar-refractivity contribution < 1.29 is 42.9 Å². The first kappa shape index (κ1) is 77.0. The molecule has 1 N–H and O–H groups in total. The van der Waals surface area contributed by atoms with Crippen molar-refractivity contribution in [1.82, 2.24) is 0 Å². The van der Waals surface area contributed by atoms with Crippen molar-refractivity contribution in [2.24, 2.45) is 0 Å². The highest BCUT2D eigenvalue weighted by Crippen LogP contribution is 2.16. The van der Waals surface area contributed by atoms with Crippen LogP contribution in [0.1, 0.15) is 271 Å². The van der Waals surface area contributed by atoms with Crippen molar-refractivity contribution in [2.45, 2.75) is 283 Å². The van der Waals surface area contributed by atoms with Crippen molar-refractivity contribution in [2.75, 3.05) is 47.5 Å². The molecular formula is C72H124NO8+. The summed E-state index contributed by atoms with van der Waals surface area (Å²) in [6, 6.07) is 0. The third-order valence-corrected chi connectivity index (χ3v) is 14.0. The Hall–Kier alpha value is -4.05. The fraction of sp³-hybridized carbons (Fsp3) is 0.708. The molecule has 0 spiro atoms. The number of aliphatic carboxylic acids is 1. The van der Waals surface area contributed by atoms with E-state index in [0.717, 1.165) is 103 Å². The van der Waals surface area contributed by atoms with Crippen LogP contribution in [0.15, 0.2) is 109 Å². The van der Waals surface area contributed by atoms with Crippen LogP contribution in [0, 0.1) is 0 Å². The molecule has 2 atom stereocenters. The minimum Gasteiger partial charge on any atom is -0.477 e. The molecular weight excluding hydrogens is 1010 g/mol. The van der Waals surface area contributed by atoms with E-state index >= 15 is 0 Å². The predicted octanol–water partition coefficient (Wildman–Crippen LogP) is 20.2. The number of unbranched alkanes of at least 4 members (excludes halogenated alkanes) is 27. The predicted molar refractivity (Wildman–Crippen MR) is 345 cm³/mol. The van der Waals surface area contributed by atoms with Gasteiger partial charge in [0.1, 0.15) is 13.2 Å². The van der Waals surface area contributed by atoms with Crippen LogP contribution in [0.5, 0.6) is 0 Å². The minimum atomic E-state index is -1.52. The third kappa shape index (κ3) is 63.4. The maximum absolute atomic E-state index is 12.9. The van der Waals surface area contributed by atoms with Crippen LogP contribution in [0.2, 0.25) is 0 Å². The summed E-state index contributed by atoms with van der Waals surface area (Å²) in [4.78, 5) is 37.6. The third-order valence-electron chi connectivity index (χ3n) is 14.0. The van der Waals surface area contributed by atoms with Gasteiger partial charge in [0.05, 0.1) is 34.4 Å². The maximum Gasteiger partial charge on any atom is 0.361 e. The summed E-state index contributed by atoms with van der Waals surface area (Å²) in [6.07, 6.45) is 83.2. The van der Waals surface area contributed by atoms with Gasteiger partial charge in [-0.2, -0.15) is 0 Å². The molecule has 0 bridgehead atoms. The molecule has 81 heavy (non-hydrogen) atoms. The van der Waals surface area contributed by atoms with E-state index in [1.165, 1.54) is 135 Å². The summed E-state index contributed by atoms with van der Waals surface area (Å²) in [5.74, 6) is -2.01. The molecule has 0 aliphatic heterocycles. The molecule has 0 aliphatic carbocycles. The molecule has 0 aromatic heterocycles. The lowest BCUT2D eigenvalue weighted by molar-refractivity contribution is -0.870. The van der Waals surface area contributed by atoms with Crippen molar-refractivity contribution in [3.05, 3.63) is 109 Å². The first-order valence-electron chi connectivity index (χ1n) is 33.1. The van der Waals surface area contributed by atoms with Crippen LogP contribution in [-0.2, 0) is 33.3 Å². The number of carboxylic acids is 1. The van der Waals surface area contributed by atoms with Gasteiger partial charge in [0.25, 0.3) is 6.29 Å². The fourth-order valence-corrected chi connectivity index (χ4v) is 8.97. The summed E-state index contributed by atoms with van der Waals surface area (Å²) in [7, 11) is 5.97. The molecule has 0 saturated carbocycles. The molecule has 464 valence electrons. The number of rotatable bonds is 60. The van der Waals surface area contributed by atoms with E-state index in [1.54, 1.807) is 0 Å². The Kier molecular flexibility index (Phi) is 58.9. The number of carbonyl (C=O) groups excluding carboxylic acids is 2. The van der Waals surface area contributed by atoms with E-state index in [-0.39, 0.29) is 38.6 Å². The summed E-state index contributed by atoms with van der Waals surface area (Å²) < 4.78 is 22.9. The molecule has 0 aliphatic rings. The quantitative estimate of drug-likeness (QED) is 0.0211. The first-order valence-corrected chi connectivity index (χ1v) is 33.1. The minimum absolute atomic E-state index is 0.182. The van der Waals surface area contributed by atoms with Gasteiger partial charge in [-0.25, -0.2) is 4.79 Å². The molecule has 0 rings (SSSR count). The lowest BCUT2D eigenvalue weighted by Crippen LogP contribution is -2.40. The summed E-state index contributed by atoms with van der Waals surface area (Å²) >= 11 is 0. The van der Waals surface area contributed by atoms with Crippen molar-refractivity contribution in [3.8, 4) is 0 Å². The molecule has 0 amide bonds. The average Bonchev–Trinajstić information content (AvgIpc) is 3.44. The Morgan fingerprint density at radius 2 is 0.704 bits per heavy atom. The van der Waals surface area contributed by atoms with Crippen LogP contribution < -0.4 is 0 Å². The highest BCUT2D eigenvalue weighted by Gasteiger charge is 2.25. The van der Waals surface area contributed by atoms with Gasteiger partial charge in [-0.1, -0.05) is 264 Å². The normalized spacial score (nSPS) is 13.4. The molecule has 9 nitrogen and oxygen atoms in total. The molecule has 0 aromatic rings. The summed E-state index contributed by atoms with van der Waals surface area (Å²) in [5.41, 5.74) is 0. The lowest BCUT2D eigenvalue weighted by atomic mass is 10.0. The van der Waals surface area contributed by atoms with Crippen molar-refractivity contribution in [3.63, 3.8) is 0 Å². The van der Waals surface area contributed by atoms with E-state index in [4.69, 9.17) is 18.9 Å². The zero-order chi connectivity index (χ0) is 59.1. The Balaban J connectivity index is 4.17. The van der Waals surface area contributed by atoms with Gasteiger partial charge in [0.15, 0.2) is 6.10 Å². The van der Waals surface area contributed by atoms with Crippen molar-refractivity contribution >= 4 is 17.9 Å². The van der Waals surface area contributed by atoms with E-state index in [1.807, 2.05) is 21.1 Å². The van der Waals surface area contributed by atoms with Crippen LogP contribution >= 0.6 is 0 Å². The molecule has 2 unspecified atom stereocenters. The monoisotopic (exact) mass is 1130 g/mol. The summed E-state index contributed by atoms with van der Waals surface area (Å²) in [6.45, 7) is 4.75. The zero-order valence-electron chi connectivity index (χ0n) is 52.9. The van der Waals surface area contributed by atoms with E-state index < -0.39 is 24.3 Å². The van der Waals surface area contributed by atoms with Crippen LogP contribution in [0.3, 0.4) is 0 Å². The van der Waals surface area contributed by atoms with Crippen LogP contribution in [0.4, 0.5) is 0 Å². The van der Waals surface area contributed by atoms with Gasteiger partial charge in [-0.15, -0.1) is 0 Å². The number of likely N-dealkylation sites (N-methyl/N-ethyl adjacent to an activating group) is 1. The van der Waals surface area contributed by atoms with Gasteiger partial charge in [-0.05, 0) is 103 Å². The molecule has 9 heteroatoms. The fourth-order valence-electron chi connectivity index (χ4n) is 8.97. The molecule has 0 fully saturated rings. The molecule has 0 heterocycles. The highest BCUT2D eigenvalue weighted by atomic mass is 16.7. The number of esters is 2. The number of carboxylic acid groups (broad SMARTS) is 1. The first-order chi connectivity index (χ1) is 39.6. The number of hydrogen-bond donors (Lipinski definition) is 1. The Morgan fingerprint density at radius 1 is 0.383 bits per heavy atom. The van der Waals surface area contributed by atoms with Gasteiger partial charge in [-0.3, -0.25) is 9.59 Å². The van der Waals surface area contributed by atoms with Crippen LogP contribution in [0.25, 0.3) is 0 Å². The smallest absolute Gasteiger partial charge is 0.361 e. The van der Waals surface area contributed by atoms with Gasteiger partial charge in [0, 0.05) is 12.8 Å². The maximum atomic E-state index is 12.9. The Labute approximate surface area is 498 Å². The summed E-state index contributed by atoms with van der Waals surface area (Å²) in [5, 5.41) is 9.73. The Bertz CT molecular complexity index is 1700. The number of hydrogen-bond acceptors (Lipinski definition) is 7.